The summed E-state index contributed by atoms with van der Waals surface area (Å²) in [6.45, 7) is 0.680. The van der Waals surface area contributed by atoms with E-state index in [-0.39, 0.29) is 0 Å². The van der Waals surface area contributed by atoms with Crippen molar-refractivity contribution in [3.8, 4) is 0 Å². The standard InChI is InChI=1S/C13H12ClNO2/c1-15(7-10-4-5-17-9-10)13-3-2-12(14)6-11(13)8-16/h2-6,8-9H,7H2,1H3. The van der Waals surface area contributed by atoms with Gasteiger partial charge in [-0.15, -0.1) is 0 Å². The lowest BCUT2D eigenvalue weighted by Gasteiger charge is -2.20. The van der Waals surface area contributed by atoms with Crippen LogP contribution in [0, 0.1) is 0 Å². The van der Waals surface area contributed by atoms with Crippen LogP contribution < -0.4 is 4.90 Å². The molecule has 3 nitrogen and oxygen atoms in total. The van der Waals surface area contributed by atoms with Gasteiger partial charge in [0.1, 0.15) is 0 Å². The Morgan fingerprint density at radius 1 is 1.41 bits per heavy atom. The van der Waals surface area contributed by atoms with Crippen LogP contribution in [0.15, 0.2) is 41.2 Å². The zero-order chi connectivity index (χ0) is 12.3. The van der Waals surface area contributed by atoms with Crippen molar-refractivity contribution in [2.24, 2.45) is 0 Å². The van der Waals surface area contributed by atoms with Crippen LogP contribution in [-0.2, 0) is 6.54 Å². The highest BCUT2D eigenvalue weighted by Gasteiger charge is 2.08. The second-order valence-electron chi connectivity index (χ2n) is 3.81. The summed E-state index contributed by atoms with van der Waals surface area (Å²) in [5.74, 6) is 0. The molecular weight excluding hydrogens is 238 g/mol. The van der Waals surface area contributed by atoms with Crippen molar-refractivity contribution in [3.63, 3.8) is 0 Å². The molecule has 0 aliphatic heterocycles. The summed E-state index contributed by atoms with van der Waals surface area (Å²) in [5, 5.41) is 0.563. The first-order valence-corrected chi connectivity index (χ1v) is 5.55. The number of aldehydes is 1. The number of carbonyl (C=O) groups is 1. The highest BCUT2D eigenvalue weighted by molar-refractivity contribution is 6.31. The monoisotopic (exact) mass is 249 g/mol. The van der Waals surface area contributed by atoms with E-state index < -0.39 is 0 Å². The molecule has 2 aromatic rings. The molecule has 0 saturated carbocycles. The number of nitrogens with zero attached hydrogens (tertiary/aromatic N) is 1. The van der Waals surface area contributed by atoms with Gasteiger partial charge in [0.15, 0.2) is 6.29 Å². The van der Waals surface area contributed by atoms with Gasteiger partial charge in [0, 0.05) is 35.4 Å². The van der Waals surface area contributed by atoms with Gasteiger partial charge in [0.05, 0.1) is 12.5 Å². The van der Waals surface area contributed by atoms with E-state index in [1.165, 1.54) is 0 Å². The van der Waals surface area contributed by atoms with Crippen LogP contribution in [0.4, 0.5) is 5.69 Å². The zero-order valence-electron chi connectivity index (χ0n) is 9.39. The Morgan fingerprint density at radius 3 is 2.88 bits per heavy atom. The molecule has 0 aliphatic carbocycles. The average molecular weight is 250 g/mol. The number of anilines is 1. The van der Waals surface area contributed by atoms with Gasteiger partial charge in [-0.3, -0.25) is 4.79 Å². The van der Waals surface area contributed by atoms with Crippen molar-refractivity contribution in [1.82, 2.24) is 0 Å². The highest BCUT2D eigenvalue weighted by atomic mass is 35.5. The molecule has 1 heterocycles. The number of halogens is 1. The number of hydrogen-bond donors (Lipinski definition) is 0. The third-order valence-corrected chi connectivity index (χ3v) is 2.76. The normalized spacial score (nSPS) is 10.2. The largest absolute Gasteiger partial charge is 0.472 e. The summed E-state index contributed by atoms with van der Waals surface area (Å²) in [6.07, 6.45) is 4.13. The fourth-order valence-corrected chi connectivity index (χ4v) is 1.89. The molecule has 1 aromatic heterocycles. The van der Waals surface area contributed by atoms with Gasteiger partial charge >= 0.3 is 0 Å². The maximum absolute atomic E-state index is 11.0. The van der Waals surface area contributed by atoms with E-state index in [0.717, 1.165) is 17.5 Å². The maximum Gasteiger partial charge on any atom is 0.152 e. The number of furan rings is 1. The van der Waals surface area contributed by atoms with E-state index in [2.05, 4.69) is 0 Å². The number of rotatable bonds is 4. The van der Waals surface area contributed by atoms with Gasteiger partial charge in [-0.05, 0) is 24.3 Å². The molecule has 17 heavy (non-hydrogen) atoms. The average Bonchev–Trinajstić information content (AvgIpc) is 2.81. The fourth-order valence-electron chi connectivity index (χ4n) is 1.71. The summed E-state index contributed by atoms with van der Waals surface area (Å²) in [7, 11) is 1.92. The molecule has 0 unspecified atom stereocenters. The molecule has 0 spiro atoms. The first kappa shape index (κ1) is 11.7. The zero-order valence-corrected chi connectivity index (χ0v) is 10.1. The Hall–Kier alpha value is -1.74. The Labute approximate surface area is 105 Å². The molecule has 1 aromatic carbocycles. The molecule has 4 heteroatoms. The fraction of sp³-hybridized carbons (Fsp3) is 0.154. The molecule has 0 atom stereocenters. The minimum Gasteiger partial charge on any atom is -0.472 e. The molecule has 0 N–H and O–H groups in total. The van der Waals surface area contributed by atoms with Gasteiger partial charge in [-0.25, -0.2) is 0 Å². The van der Waals surface area contributed by atoms with Gasteiger partial charge < -0.3 is 9.32 Å². The van der Waals surface area contributed by atoms with Crippen molar-refractivity contribution in [2.75, 3.05) is 11.9 Å². The van der Waals surface area contributed by atoms with E-state index in [1.54, 1.807) is 24.7 Å². The van der Waals surface area contributed by atoms with Gasteiger partial charge in [0.25, 0.3) is 0 Å². The summed E-state index contributed by atoms with van der Waals surface area (Å²) < 4.78 is 5.01. The SMILES string of the molecule is CN(Cc1ccoc1)c1ccc(Cl)cc1C=O. The molecule has 0 fully saturated rings. The minimum absolute atomic E-state index is 0.563. The number of carbonyl (C=O) groups excluding carboxylic acids is 1. The lowest BCUT2D eigenvalue weighted by molar-refractivity contribution is 0.112. The van der Waals surface area contributed by atoms with E-state index in [9.17, 15) is 4.79 Å². The van der Waals surface area contributed by atoms with Gasteiger partial charge in [-0.2, -0.15) is 0 Å². The second-order valence-corrected chi connectivity index (χ2v) is 4.25. The first-order chi connectivity index (χ1) is 8.20. The Balaban J connectivity index is 2.24. The van der Waals surface area contributed by atoms with Crippen molar-refractivity contribution in [3.05, 3.63) is 52.9 Å². The molecule has 0 bridgehead atoms. The maximum atomic E-state index is 11.0. The summed E-state index contributed by atoms with van der Waals surface area (Å²) >= 11 is 5.85. The van der Waals surface area contributed by atoms with E-state index in [0.29, 0.717) is 17.1 Å². The van der Waals surface area contributed by atoms with Crippen LogP contribution in [0.5, 0.6) is 0 Å². The van der Waals surface area contributed by atoms with E-state index in [4.69, 9.17) is 16.0 Å². The molecule has 88 valence electrons. The second kappa shape index (κ2) is 5.06. The van der Waals surface area contributed by atoms with E-state index >= 15 is 0 Å². The van der Waals surface area contributed by atoms with Crippen molar-refractivity contribution >= 4 is 23.6 Å². The van der Waals surface area contributed by atoms with Crippen molar-refractivity contribution in [1.29, 1.82) is 0 Å². The van der Waals surface area contributed by atoms with Gasteiger partial charge in [-0.1, -0.05) is 11.6 Å². The van der Waals surface area contributed by atoms with Gasteiger partial charge in [0.2, 0.25) is 0 Å². The number of benzene rings is 1. The third-order valence-electron chi connectivity index (χ3n) is 2.53. The summed E-state index contributed by atoms with van der Waals surface area (Å²) in [5.41, 5.74) is 2.49. The molecule has 0 amide bonds. The molecule has 2 rings (SSSR count). The minimum atomic E-state index is 0.563. The van der Waals surface area contributed by atoms with Crippen LogP contribution in [0.2, 0.25) is 5.02 Å². The summed E-state index contributed by atoms with van der Waals surface area (Å²) in [4.78, 5) is 13.0. The lowest BCUT2D eigenvalue weighted by Crippen LogP contribution is -2.17. The quantitative estimate of drug-likeness (QED) is 0.779. The van der Waals surface area contributed by atoms with E-state index in [1.807, 2.05) is 24.1 Å². The lowest BCUT2D eigenvalue weighted by atomic mass is 10.1. The molecular formula is C13H12ClNO2. The van der Waals surface area contributed by atoms with Crippen molar-refractivity contribution in [2.45, 2.75) is 6.54 Å². The highest BCUT2D eigenvalue weighted by Crippen LogP contribution is 2.23. The predicted molar refractivity (Wildman–Crippen MR) is 67.7 cm³/mol. The number of hydrogen-bond acceptors (Lipinski definition) is 3. The smallest absolute Gasteiger partial charge is 0.152 e. The van der Waals surface area contributed by atoms with Crippen LogP contribution in [-0.4, -0.2) is 13.3 Å². The first-order valence-electron chi connectivity index (χ1n) is 5.17. The molecule has 0 aliphatic rings. The van der Waals surface area contributed by atoms with Crippen LogP contribution in [0.3, 0.4) is 0 Å². The van der Waals surface area contributed by atoms with Crippen LogP contribution in [0.25, 0.3) is 0 Å². The molecule has 0 radical (unpaired) electrons. The topological polar surface area (TPSA) is 33.5 Å². The van der Waals surface area contributed by atoms with Crippen LogP contribution in [0.1, 0.15) is 15.9 Å². The predicted octanol–water partition coefficient (Wildman–Crippen LogP) is 3.38. The Bertz CT molecular complexity index is 508. The third kappa shape index (κ3) is 2.68. The van der Waals surface area contributed by atoms with Crippen molar-refractivity contribution < 1.29 is 9.21 Å². The summed E-state index contributed by atoms with van der Waals surface area (Å²) in [6, 6.07) is 7.17. The Kier molecular flexibility index (Phi) is 3.49. The Morgan fingerprint density at radius 2 is 2.24 bits per heavy atom. The van der Waals surface area contributed by atoms with Crippen LogP contribution >= 0.6 is 11.6 Å². The molecule has 0 saturated heterocycles.